The minimum Gasteiger partial charge on any atom is -0.338 e. The van der Waals surface area contributed by atoms with Crippen LogP contribution in [0.3, 0.4) is 0 Å². The van der Waals surface area contributed by atoms with Gasteiger partial charge in [-0.05, 0) is 25.3 Å². The maximum atomic E-state index is 12.8. The summed E-state index contributed by atoms with van der Waals surface area (Å²) in [5.41, 5.74) is 5.32. The Balaban J connectivity index is 0.00000243. The number of nitro groups is 1. The molecule has 9 nitrogen and oxygen atoms in total. The van der Waals surface area contributed by atoms with Crippen LogP contribution in [0.4, 0.5) is 5.69 Å². The molecule has 2 fully saturated rings. The van der Waals surface area contributed by atoms with Crippen LogP contribution in [0.5, 0.6) is 0 Å². The number of nitrogens with two attached hydrogens (primary N) is 1. The lowest BCUT2D eigenvalue weighted by molar-refractivity contribution is -0.385. The van der Waals surface area contributed by atoms with E-state index >= 15 is 0 Å². The number of aryl methyl sites for hydroxylation is 1. The Morgan fingerprint density at radius 2 is 1.81 bits per heavy atom. The molecule has 0 atom stereocenters. The highest BCUT2D eigenvalue weighted by molar-refractivity contribution is 7.89. The highest BCUT2D eigenvalue weighted by Gasteiger charge is 2.48. The number of hydrogen-bond acceptors (Lipinski definition) is 6. The number of piperazine rings is 1. The number of sulfonamides is 1. The first-order valence-corrected chi connectivity index (χ1v) is 9.43. The molecule has 1 saturated heterocycles. The average molecular weight is 405 g/mol. The number of non-ortho nitro benzene ring substituents is 1. The highest BCUT2D eigenvalue weighted by Crippen LogP contribution is 2.34. The highest BCUT2D eigenvalue weighted by atomic mass is 35.5. The normalized spacial score (nSPS) is 19.5. The number of halogens is 1. The first-order chi connectivity index (χ1) is 11.6. The molecule has 2 N–H and O–H groups in total. The summed E-state index contributed by atoms with van der Waals surface area (Å²) >= 11 is 0. The predicted molar refractivity (Wildman–Crippen MR) is 96.6 cm³/mol. The molecule has 1 aromatic rings. The zero-order valence-electron chi connectivity index (χ0n) is 14.3. The molecule has 0 spiro atoms. The fourth-order valence-electron chi connectivity index (χ4n) is 2.91. The lowest BCUT2D eigenvalue weighted by atomic mass is 10.2. The Hall–Kier alpha value is -1.75. The van der Waals surface area contributed by atoms with Crippen molar-refractivity contribution >= 4 is 34.0 Å². The second-order valence-corrected chi connectivity index (χ2v) is 8.47. The summed E-state index contributed by atoms with van der Waals surface area (Å²) in [4.78, 5) is 24.1. The fraction of sp³-hybridized carbons (Fsp3) is 0.533. The summed E-state index contributed by atoms with van der Waals surface area (Å²) in [6.45, 7) is 2.43. The Bertz CT molecular complexity index is 832. The molecule has 0 bridgehead atoms. The van der Waals surface area contributed by atoms with Crippen LogP contribution in [-0.2, 0) is 14.8 Å². The van der Waals surface area contributed by atoms with Crippen molar-refractivity contribution in [2.45, 2.75) is 30.2 Å². The molecule has 0 radical (unpaired) electrons. The van der Waals surface area contributed by atoms with Gasteiger partial charge in [-0.2, -0.15) is 4.31 Å². The van der Waals surface area contributed by atoms with Gasteiger partial charge in [0.25, 0.3) is 5.69 Å². The molecule has 2 aliphatic rings. The van der Waals surface area contributed by atoms with E-state index in [9.17, 15) is 23.3 Å². The molecule has 1 aliphatic heterocycles. The van der Waals surface area contributed by atoms with Gasteiger partial charge in [-0.15, -0.1) is 12.4 Å². The van der Waals surface area contributed by atoms with Crippen molar-refractivity contribution in [2.24, 2.45) is 5.73 Å². The minimum absolute atomic E-state index is 0. The Kier molecular flexibility index (Phi) is 5.62. The van der Waals surface area contributed by atoms with Gasteiger partial charge < -0.3 is 10.6 Å². The zero-order chi connectivity index (χ0) is 18.4. The molecule has 0 unspecified atom stereocenters. The van der Waals surface area contributed by atoms with Crippen LogP contribution in [0, 0.1) is 17.0 Å². The number of benzene rings is 1. The standard InChI is InChI=1S/C15H20N4O5S.ClH/c1-11-2-3-12(19(21)22)10-13(11)25(23,24)18-8-6-17(7-9-18)14(20)15(16)4-5-15;/h2-3,10H,4-9,16H2,1H3;1H. The van der Waals surface area contributed by atoms with Gasteiger partial charge in [-0.25, -0.2) is 8.42 Å². The smallest absolute Gasteiger partial charge is 0.270 e. The maximum absolute atomic E-state index is 12.8. The first kappa shape index (κ1) is 20.6. The Morgan fingerprint density at radius 1 is 1.23 bits per heavy atom. The zero-order valence-corrected chi connectivity index (χ0v) is 15.9. The molecule has 1 amide bonds. The third-order valence-corrected chi connectivity index (χ3v) is 6.78. The number of carbonyl (C=O) groups is 1. The molecule has 1 heterocycles. The van der Waals surface area contributed by atoms with Gasteiger partial charge >= 0.3 is 0 Å². The molecular weight excluding hydrogens is 384 g/mol. The molecule has 26 heavy (non-hydrogen) atoms. The lowest BCUT2D eigenvalue weighted by Gasteiger charge is -2.35. The van der Waals surface area contributed by atoms with E-state index < -0.39 is 20.5 Å². The molecule has 1 aromatic carbocycles. The molecule has 11 heteroatoms. The third kappa shape index (κ3) is 3.68. The monoisotopic (exact) mass is 404 g/mol. The molecule has 1 aliphatic carbocycles. The average Bonchev–Trinajstić information content (AvgIpc) is 3.33. The number of nitro benzene ring substituents is 1. The number of amides is 1. The molecule has 0 aromatic heterocycles. The van der Waals surface area contributed by atoms with Crippen molar-refractivity contribution in [3.8, 4) is 0 Å². The quantitative estimate of drug-likeness (QED) is 0.579. The van der Waals surface area contributed by atoms with Gasteiger partial charge in [-0.3, -0.25) is 14.9 Å². The van der Waals surface area contributed by atoms with Crippen molar-refractivity contribution in [2.75, 3.05) is 26.2 Å². The van der Waals surface area contributed by atoms with Gasteiger partial charge in [0.1, 0.15) is 0 Å². The van der Waals surface area contributed by atoms with Crippen molar-refractivity contribution in [1.29, 1.82) is 0 Å². The van der Waals surface area contributed by atoms with Crippen LogP contribution in [0.15, 0.2) is 23.1 Å². The number of hydrogen-bond donors (Lipinski definition) is 1. The number of nitrogens with zero attached hydrogens (tertiary/aromatic N) is 3. The van der Waals surface area contributed by atoms with Crippen molar-refractivity contribution < 1.29 is 18.1 Å². The van der Waals surface area contributed by atoms with Crippen LogP contribution >= 0.6 is 12.4 Å². The van der Waals surface area contributed by atoms with E-state index in [-0.39, 0.29) is 55.1 Å². The molecular formula is C15H21ClN4O5S. The number of carbonyl (C=O) groups excluding carboxylic acids is 1. The summed E-state index contributed by atoms with van der Waals surface area (Å²) in [7, 11) is -3.86. The van der Waals surface area contributed by atoms with Crippen molar-refractivity contribution in [3.63, 3.8) is 0 Å². The fourth-order valence-corrected chi connectivity index (χ4v) is 4.58. The lowest BCUT2D eigenvalue weighted by Crippen LogP contribution is -2.55. The summed E-state index contributed by atoms with van der Waals surface area (Å²) in [6.07, 6.45) is 1.33. The van der Waals surface area contributed by atoms with E-state index in [2.05, 4.69) is 0 Å². The van der Waals surface area contributed by atoms with Gasteiger partial charge in [0.15, 0.2) is 0 Å². The van der Waals surface area contributed by atoms with Crippen molar-refractivity contribution in [1.82, 2.24) is 9.21 Å². The van der Waals surface area contributed by atoms with Gasteiger partial charge in [0.05, 0.1) is 15.4 Å². The SMILES string of the molecule is Cc1ccc([N+](=O)[O-])cc1S(=O)(=O)N1CCN(C(=O)C2(N)CC2)CC1.Cl. The predicted octanol–water partition coefficient (Wildman–Crippen LogP) is 0.649. The van der Waals surface area contributed by atoms with Gasteiger partial charge in [0, 0.05) is 38.3 Å². The second kappa shape index (κ2) is 7.10. The van der Waals surface area contributed by atoms with E-state index in [1.165, 1.54) is 16.4 Å². The van der Waals surface area contributed by atoms with Crippen LogP contribution in [0.25, 0.3) is 0 Å². The Labute approximate surface area is 157 Å². The molecule has 3 rings (SSSR count). The summed E-state index contributed by atoms with van der Waals surface area (Å²) in [5.74, 6) is -0.129. The van der Waals surface area contributed by atoms with Crippen LogP contribution in [0.2, 0.25) is 0 Å². The van der Waals surface area contributed by atoms with Crippen LogP contribution in [0.1, 0.15) is 18.4 Å². The van der Waals surface area contributed by atoms with Crippen molar-refractivity contribution in [3.05, 3.63) is 33.9 Å². The van der Waals surface area contributed by atoms with Crippen LogP contribution in [-0.4, -0.2) is 60.2 Å². The summed E-state index contributed by atoms with van der Waals surface area (Å²) in [5, 5.41) is 10.9. The summed E-state index contributed by atoms with van der Waals surface area (Å²) in [6, 6.07) is 3.79. The molecule has 1 saturated carbocycles. The minimum atomic E-state index is -3.86. The summed E-state index contributed by atoms with van der Waals surface area (Å²) < 4.78 is 27.0. The van der Waals surface area contributed by atoms with Gasteiger partial charge in [-0.1, -0.05) is 6.07 Å². The van der Waals surface area contributed by atoms with Crippen LogP contribution < -0.4 is 5.73 Å². The second-order valence-electron chi connectivity index (χ2n) is 6.56. The third-order valence-electron chi connectivity index (χ3n) is 4.74. The Morgan fingerprint density at radius 3 is 2.31 bits per heavy atom. The van der Waals surface area contributed by atoms with E-state index in [1.807, 2.05) is 0 Å². The molecule has 144 valence electrons. The van der Waals surface area contributed by atoms with E-state index in [4.69, 9.17) is 5.73 Å². The topological polar surface area (TPSA) is 127 Å². The van der Waals surface area contributed by atoms with Gasteiger partial charge in [0.2, 0.25) is 15.9 Å². The first-order valence-electron chi connectivity index (χ1n) is 7.99. The maximum Gasteiger partial charge on any atom is 0.270 e. The largest absolute Gasteiger partial charge is 0.338 e. The number of rotatable bonds is 4. The van der Waals surface area contributed by atoms with E-state index in [0.717, 1.165) is 6.07 Å². The van der Waals surface area contributed by atoms with E-state index in [0.29, 0.717) is 18.4 Å². The van der Waals surface area contributed by atoms with E-state index in [1.54, 1.807) is 11.8 Å².